The Kier molecular flexibility index (Phi) is 5.93. The molecule has 1 fully saturated rings. The van der Waals surface area contributed by atoms with E-state index in [0.717, 1.165) is 37.4 Å². The molecule has 153 valence electrons. The maximum atomic E-state index is 11.0. The van der Waals surface area contributed by atoms with Crippen molar-refractivity contribution in [2.75, 3.05) is 18.0 Å². The Balaban J connectivity index is 1.33. The summed E-state index contributed by atoms with van der Waals surface area (Å²) in [5, 5.41) is 9.79. The third-order valence-corrected chi connectivity index (χ3v) is 5.47. The van der Waals surface area contributed by atoms with E-state index in [1.165, 1.54) is 5.69 Å². The number of aromatic nitrogens is 2. The molecule has 0 amide bonds. The summed E-state index contributed by atoms with van der Waals surface area (Å²) in [6, 6.07) is 17.9. The zero-order chi connectivity index (χ0) is 20.9. The molecule has 6 nitrogen and oxygen atoms in total. The zero-order valence-corrected chi connectivity index (χ0v) is 16.9. The quantitative estimate of drug-likeness (QED) is 0.666. The second-order valence-corrected chi connectivity index (χ2v) is 7.57. The topological polar surface area (TPSA) is 75.5 Å². The first-order valence-corrected chi connectivity index (χ1v) is 10.1. The molecule has 1 aliphatic heterocycles. The van der Waals surface area contributed by atoms with Crippen LogP contribution in [0.25, 0.3) is 0 Å². The third-order valence-electron chi connectivity index (χ3n) is 5.47. The van der Waals surface area contributed by atoms with Gasteiger partial charge in [0, 0.05) is 25.2 Å². The molecule has 2 aromatic carbocycles. The van der Waals surface area contributed by atoms with Gasteiger partial charge in [0.25, 0.3) is 6.29 Å². The Morgan fingerprint density at radius 3 is 2.37 bits per heavy atom. The molecule has 0 saturated carbocycles. The molecular formula is C24H24N3O3. The van der Waals surface area contributed by atoms with E-state index in [1.54, 1.807) is 13.2 Å². The van der Waals surface area contributed by atoms with Crippen LogP contribution in [0.1, 0.15) is 30.1 Å². The van der Waals surface area contributed by atoms with Crippen molar-refractivity contribution in [1.29, 1.82) is 0 Å². The van der Waals surface area contributed by atoms with Gasteiger partial charge in [0.15, 0.2) is 11.4 Å². The van der Waals surface area contributed by atoms with Gasteiger partial charge >= 0.3 is 0 Å². The molecule has 2 heterocycles. The van der Waals surface area contributed by atoms with Crippen LogP contribution in [0, 0.1) is 12.8 Å². The van der Waals surface area contributed by atoms with E-state index in [-0.39, 0.29) is 11.4 Å². The first-order valence-electron chi connectivity index (χ1n) is 10.1. The number of aromatic hydroxyl groups is 1. The smallest absolute Gasteiger partial charge is 0.257 e. The second-order valence-electron chi connectivity index (χ2n) is 7.57. The maximum absolute atomic E-state index is 11.0. The minimum absolute atomic E-state index is 0.0484. The van der Waals surface area contributed by atoms with Crippen LogP contribution in [-0.2, 0) is 11.2 Å². The van der Waals surface area contributed by atoms with E-state index in [4.69, 9.17) is 4.74 Å². The number of benzene rings is 2. The molecule has 0 atom stereocenters. The summed E-state index contributed by atoms with van der Waals surface area (Å²) in [6.07, 6.45) is 4.43. The summed E-state index contributed by atoms with van der Waals surface area (Å²) in [4.78, 5) is 21.8. The molecule has 0 unspecified atom stereocenters. The normalized spacial score (nSPS) is 14.5. The molecule has 0 aliphatic carbocycles. The molecule has 1 saturated heterocycles. The summed E-state index contributed by atoms with van der Waals surface area (Å²) in [7, 11) is 0. The number of nitrogens with zero attached hydrogens (tertiary/aromatic N) is 3. The minimum atomic E-state index is -0.178. The Bertz CT molecular complexity index is 998. The van der Waals surface area contributed by atoms with E-state index in [9.17, 15) is 9.90 Å². The number of carbonyl (C=O) groups excluding carboxylic acids is 1. The molecule has 1 aromatic heterocycles. The monoisotopic (exact) mass is 402 g/mol. The van der Waals surface area contributed by atoms with Crippen molar-refractivity contribution in [3.05, 3.63) is 71.8 Å². The van der Waals surface area contributed by atoms with Crippen LogP contribution in [0.3, 0.4) is 0 Å². The van der Waals surface area contributed by atoms with Gasteiger partial charge in [0.2, 0.25) is 0 Å². The Morgan fingerprint density at radius 2 is 1.70 bits per heavy atom. The van der Waals surface area contributed by atoms with Gasteiger partial charge < -0.3 is 14.7 Å². The van der Waals surface area contributed by atoms with Gasteiger partial charge in [-0.1, -0.05) is 18.2 Å². The predicted molar refractivity (Wildman–Crippen MR) is 115 cm³/mol. The number of hydrogen-bond donors (Lipinski definition) is 1. The van der Waals surface area contributed by atoms with Crippen molar-refractivity contribution in [2.24, 2.45) is 5.92 Å². The number of ether oxygens (including phenoxy) is 1. The first-order chi connectivity index (χ1) is 14.6. The van der Waals surface area contributed by atoms with Crippen LogP contribution in [0.15, 0.2) is 54.6 Å². The lowest BCUT2D eigenvalue weighted by atomic mass is 9.93. The van der Waals surface area contributed by atoms with Crippen LogP contribution < -0.4 is 9.64 Å². The fraction of sp³-hybridized carbons (Fsp3) is 0.292. The molecule has 1 N–H and O–H groups in total. The average Bonchev–Trinajstić information content (AvgIpc) is 2.78. The highest BCUT2D eigenvalue weighted by molar-refractivity contribution is 5.76. The van der Waals surface area contributed by atoms with Crippen molar-refractivity contribution in [2.45, 2.75) is 26.2 Å². The first kappa shape index (κ1) is 19.9. The predicted octanol–water partition coefficient (Wildman–Crippen LogP) is 4.20. The molecule has 3 aromatic rings. The van der Waals surface area contributed by atoms with E-state index < -0.39 is 0 Å². The molecule has 6 heteroatoms. The summed E-state index contributed by atoms with van der Waals surface area (Å²) in [5.41, 5.74) is 1.56. The highest BCUT2D eigenvalue weighted by atomic mass is 16.5. The van der Waals surface area contributed by atoms with Gasteiger partial charge in [-0.25, -0.2) is 9.97 Å². The summed E-state index contributed by atoms with van der Waals surface area (Å²) >= 11 is 0. The fourth-order valence-electron chi connectivity index (χ4n) is 3.79. The van der Waals surface area contributed by atoms with Crippen LogP contribution >= 0.6 is 0 Å². The number of piperidine rings is 1. The number of rotatable bonds is 6. The van der Waals surface area contributed by atoms with Crippen molar-refractivity contribution in [3.8, 4) is 17.2 Å². The van der Waals surface area contributed by atoms with Crippen molar-refractivity contribution in [3.63, 3.8) is 0 Å². The van der Waals surface area contributed by atoms with Crippen molar-refractivity contribution < 1.29 is 14.6 Å². The zero-order valence-electron chi connectivity index (χ0n) is 16.9. The lowest BCUT2D eigenvalue weighted by molar-refractivity contribution is 0.394. The molecular weight excluding hydrogens is 378 g/mol. The Morgan fingerprint density at radius 1 is 1.03 bits per heavy atom. The van der Waals surface area contributed by atoms with Gasteiger partial charge in [-0.3, -0.25) is 4.79 Å². The fourth-order valence-corrected chi connectivity index (χ4v) is 3.79. The minimum Gasteiger partial charge on any atom is -0.504 e. The Labute approximate surface area is 176 Å². The molecule has 0 bridgehead atoms. The summed E-state index contributed by atoms with van der Waals surface area (Å²) in [5.74, 6) is 2.52. The third kappa shape index (κ3) is 4.59. The number of para-hydroxylation sites is 1. The van der Waals surface area contributed by atoms with Gasteiger partial charge in [-0.15, -0.1) is 0 Å². The van der Waals surface area contributed by atoms with E-state index in [2.05, 4.69) is 27.0 Å². The molecule has 30 heavy (non-hydrogen) atoms. The molecule has 0 spiro atoms. The van der Waals surface area contributed by atoms with Crippen LogP contribution in [0.2, 0.25) is 0 Å². The van der Waals surface area contributed by atoms with Crippen LogP contribution in [0.4, 0.5) is 5.69 Å². The lowest BCUT2D eigenvalue weighted by Gasteiger charge is -2.33. The Hall–Kier alpha value is -3.41. The molecule has 4 rings (SSSR count). The standard InChI is InChI=1S/C24H24N3O3/c1-17-24(29)22(16-28)26-23(25-17)15-18-11-13-27(14-12-18)19-7-9-21(10-8-19)30-20-5-3-2-4-6-20/h2-10,18,29H,11-15H2,1H3. The van der Waals surface area contributed by atoms with Crippen molar-refractivity contribution >= 4 is 12.0 Å². The highest BCUT2D eigenvalue weighted by Crippen LogP contribution is 2.28. The van der Waals surface area contributed by atoms with E-state index in [0.29, 0.717) is 23.9 Å². The number of anilines is 1. The number of aryl methyl sites for hydroxylation is 1. The van der Waals surface area contributed by atoms with Crippen LogP contribution in [-0.4, -0.2) is 34.5 Å². The molecule has 1 radical (unpaired) electrons. The lowest BCUT2D eigenvalue weighted by Crippen LogP contribution is -2.34. The van der Waals surface area contributed by atoms with Crippen LogP contribution in [0.5, 0.6) is 17.2 Å². The van der Waals surface area contributed by atoms with Gasteiger partial charge in [-0.05, 0) is 62.1 Å². The van der Waals surface area contributed by atoms with E-state index in [1.807, 2.05) is 42.5 Å². The maximum Gasteiger partial charge on any atom is 0.257 e. The molecule has 1 aliphatic rings. The van der Waals surface area contributed by atoms with Gasteiger partial charge in [0.1, 0.15) is 17.3 Å². The van der Waals surface area contributed by atoms with Crippen molar-refractivity contribution in [1.82, 2.24) is 9.97 Å². The van der Waals surface area contributed by atoms with Gasteiger partial charge in [0.05, 0.1) is 5.69 Å². The van der Waals surface area contributed by atoms with Gasteiger partial charge in [-0.2, -0.15) is 0 Å². The largest absolute Gasteiger partial charge is 0.504 e. The number of hydrogen-bond acceptors (Lipinski definition) is 6. The summed E-state index contributed by atoms with van der Waals surface area (Å²) < 4.78 is 5.86. The average molecular weight is 402 g/mol. The SMILES string of the molecule is Cc1nc(CC2CCN(c3ccc(Oc4ccccc4)cc3)CC2)nc([C]=O)c1O. The highest BCUT2D eigenvalue weighted by Gasteiger charge is 2.22. The summed E-state index contributed by atoms with van der Waals surface area (Å²) in [6.45, 7) is 3.58. The second kappa shape index (κ2) is 8.95. The van der Waals surface area contributed by atoms with E-state index >= 15 is 0 Å².